The minimum absolute atomic E-state index is 0.0203. The van der Waals surface area contributed by atoms with E-state index in [2.05, 4.69) is 0 Å². The lowest BCUT2D eigenvalue weighted by atomic mass is 10.0. The Morgan fingerprint density at radius 2 is 0.511 bits per heavy atom. The van der Waals surface area contributed by atoms with Gasteiger partial charge >= 0.3 is 47.8 Å². The number of ether oxygens (including phenoxy) is 5. The van der Waals surface area contributed by atoms with Crippen LogP contribution in [0.3, 0.4) is 0 Å². The number of rotatable bonds is 23. The lowest BCUT2D eigenvalue weighted by Gasteiger charge is -2.07. The summed E-state index contributed by atoms with van der Waals surface area (Å²) in [4.78, 5) is 145. The number of hydrogen-bond donors (Lipinski definition) is 6. The summed E-state index contributed by atoms with van der Waals surface area (Å²) in [6.07, 6.45) is -0.0738. The number of nitriles is 2. The molecule has 0 bridgehead atoms. The van der Waals surface area contributed by atoms with Gasteiger partial charge in [0.15, 0.2) is 11.6 Å². The van der Waals surface area contributed by atoms with Crippen LogP contribution in [0.15, 0.2) is 91.0 Å². The van der Waals surface area contributed by atoms with Gasteiger partial charge in [0.25, 0.3) is 0 Å². The summed E-state index contributed by atoms with van der Waals surface area (Å²) in [5.74, 6) is -8.40. The second-order valence-electron chi connectivity index (χ2n) is 17.8. The second kappa shape index (κ2) is 38.4. The molecule has 5 rings (SSSR count). The van der Waals surface area contributed by atoms with Gasteiger partial charge in [0.1, 0.15) is 0 Å². The SMILES string of the molecule is CC(=O)c1cc(CC(N)=O)cc(C(=O)O)c1.CCOC(=O)c1cc(CC#N)cc(C(=O)O)c1.CCOC(=O)c1cc(CC#N)cc(C(=O)OCC)c1.CCOC(=O)c1cc(CC(N)=O)cc(C(=O)O)c1.CCOC(=O)c1cc(CC(N)=O)cc(C(C)=O)c1. The summed E-state index contributed by atoms with van der Waals surface area (Å²) >= 11 is 0. The van der Waals surface area contributed by atoms with Gasteiger partial charge in [-0.1, -0.05) is 0 Å². The number of aromatic carboxylic acids is 3. The van der Waals surface area contributed by atoms with Gasteiger partial charge in [-0.05, 0) is 167 Å². The van der Waals surface area contributed by atoms with Crippen molar-refractivity contribution in [2.45, 2.75) is 80.6 Å². The molecule has 0 unspecified atom stereocenters. The van der Waals surface area contributed by atoms with E-state index in [-0.39, 0.29) is 127 Å². The fourth-order valence-corrected chi connectivity index (χ4v) is 7.19. The molecule has 3 amide bonds. The number of primary amides is 3. The number of carbonyl (C=O) groups excluding carboxylic acids is 10. The van der Waals surface area contributed by atoms with Gasteiger partial charge in [-0.25, -0.2) is 38.4 Å². The number of hydrogen-bond acceptors (Lipinski definition) is 20. The number of nitrogens with two attached hydrogens (primary N) is 3. The standard InChI is InChI=1S/C14H15NO4.C13H15NO4.C12H13NO5.C12H11NO4.C11H11NO4/c1-3-18-13(16)11-7-10(5-6-15)8-12(9-11)14(17)19-4-2;1-3-18-13(17)11-5-9(6-12(14)16)4-10(7-11)8(2)15;1-2-18-12(17)9-4-7(5-10(13)14)3-8(6-9)11(15)16;1-2-17-12(16)10-6-8(3-4-13)5-9(7-10)11(14)15;1-6(13)8-2-7(4-10(12)14)3-9(5-8)11(15)16/h7-9H,3-5H2,1-2H3;4-5,7H,3,6H2,1-2H3,(H2,14,16);3-4,6H,2,5H2,1H3,(H2,13,14)(H,15,16);5-7H,2-3H2,1H3,(H,14,15);2-3,5H,4H2,1H3,(H2,12,14)(H,15,16). The van der Waals surface area contributed by atoms with Gasteiger partial charge in [0.05, 0.1) is 122 Å². The van der Waals surface area contributed by atoms with Crippen molar-refractivity contribution in [1.29, 1.82) is 10.5 Å². The summed E-state index contributed by atoms with van der Waals surface area (Å²) in [6.45, 7) is 12.2. The molecule has 5 aromatic carbocycles. The number of carboxylic acids is 3. The van der Waals surface area contributed by atoms with E-state index in [1.807, 2.05) is 12.1 Å². The average Bonchev–Trinajstić information content (AvgIpc) is 3.55. The lowest BCUT2D eigenvalue weighted by Crippen LogP contribution is -2.15. The first-order chi connectivity index (χ1) is 41.5. The number of nitrogens with zero attached hydrogens (tertiary/aromatic N) is 2. The fourth-order valence-electron chi connectivity index (χ4n) is 7.19. The minimum atomic E-state index is -1.19. The quantitative estimate of drug-likeness (QED) is 0.0247. The van der Waals surface area contributed by atoms with Crippen molar-refractivity contribution in [2.24, 2.45) is 17.2 Å². The van der Waals surface area contributed by atoms with E-state index in [0.717, 1.165) is 0 Å². The largest absolute Gasteiger partial charge is 0.478 e. The second-order valence-corrected chi connectivity index (χ2v) is 17.8. The third-order valence-electron chi connectivity index (χ3n) is 10.8. The highest BCUT2D eigenvalue weighted by Gasteiger charge is 2.18. The first-order valence-electron chi connectivity index (χ1n) is 26.3. The van der Waals surface area contributed by atoms with Gasteiger partial charge in [0, 0.05) is 11.1 Å². The Bertz CT molecular complexity index is 3360. The molecule has 26 nitrogen and oxygen atoms in total. The minimum Gasteiger partial charge on any atom is -0.478 e. The van der Waals surface area contributed by atoms with Crippen molar-refractivity contribution in [1.82, 2.24) is 0 Å². The maximum Gasteiger partial charge on any atom is 0.338 e. The van der Waals surface area contributed by atoms with E-state index in [4.69, 9.17) is 66.7 Å². The Kier molecular flexibility index (Phi) is 32.6. The fraction of sp³-hybridized carbons (Fsp3) is 0.274. The Morgan fingerprint density at radius 1 is 0.330 bits per heavy atom. The Labute approximate surface area is 504 Å². The molecular formula is C62H65N5O21. The van der Waals surface area contributed by atoms with Crippen molar-refractivity contribution in [2.75, 3.05) is 33.0 Å². The normalized spacial score (nSPS) is 9.69. The van der Waals surface area contributed by atoms with E-state index >= 15 is 0 Å². The zero-order chi connectivity index (χ0) is 66.8. The molecule has 0 spiro atoms. The molecule has 0 radical (unpaired) electrons. The highest BCUT2D eigenvalue weighted by molar-refractivity contribution is 6.00. The van der Waals surface area contributed by atoms with Crippen molar-refractivity contribution in [3.8, 4) is 12.1 Å². The first-order valence-corrected chi connectivity index (χ1v) is 26.3. The van der Waals surface area contributed by atoms with Gasteiger partial charge in [-0.3, -0.25) is 24.0 Å². The first kappa shape index (κ1) is 74.6. The number of esters is 5. The molecule has 5 aromatic rings. The van der Waals surface area contributed by atoms with E-state index in [9.17, 15) is 62.3 Å². The molecule has 0 aromatic heterocycles. The molecule has 0 atom stereocenters. The monoisotopic (exact) mass is 1220 g/mol. The summed E-state index contributed by atoms with van der Waals surface area (Å²) < 4.78 is 24.2. The van der Waals surface area contributed by atoms with Crippen molar-refractivity contribution >= 4 is 77.0 Å². The van der Waals surface area contributed by atoms with Gasteiger partial charge in [-0.2, -0.15) is 10.5 Å². The van der Waals surface area contributed by atoms with Crippen LogP contribution >= 0.6 is 0 Å². The van der Waals surface area contributed by atoms with Crippen LogP contribution in [0.2, 0.25) is 0 Å². The third kappa shape index (κ3) is 27.3. The molecule has 9 N–H and O–H groups in total. The van der Waals surface area contributed by atoms with Crippen LogP contribution in [-0.2, 0) is 70.2 Å². The predicted octanol–water partition coefficient (Wildman–Crippen LogP) is 6.03. The maximum absolute atomic E-state index is 11.7. The number of carbonyl (C=O) groups is 13. The number of carboxylic acid groups (broad SMARTS) is 3. The molecule has 464 valence electrons. The third-order valence-corrected chi connectivity index (χ3v) is 10.8. The van der Waals surface area contributed by atoms with E-state index in [1.165, 1.54) is 86.6 Å². The summed E-state index contributed by atoms with van der Waals surface area (Å²) in [5.41, 5.74) is 19.0. The van der Waals surface area contributed by atoms with Crippen molar-refractivity contribution in [3.05, 3.63) is 174 Å². The van der Waals surface area contributed by atoms with Gasteiger partial charge in [-0.15, -0.1) is 0 Å². The summed E-state index contributed by atoms with van der Waals surface area (Å²) in [5, 5.41) is 43.9. The zero-order valence-electron chi connectivity index (χ0n) is 49.0. The van der Waals surface area contributed by atoms with Crippen molar-refractivity contribution in [3.63, 3.8) is 0 Å². The lowest BCUT2D eigenvalue weighted by molar-refractivity contribution is -0.118. The molecule has 26 heteroatoms. The van der Waals surface area contributed by atoms with Crippen LogP contribution in [0, 0.1) is 22.7 Å². The van der Waals surface area contributed by atoms with Crippen molar-refractivity contribution < 1.29 is 101 Å². The van der Waals surface area contributed by atoms with E-state index in [1.54, 1.807) is 52.8 Å². The van der Waals surface area contributed by atoms with Gasteiger partial charge in [0.2, 0.25) is 17.7 Å². The predicted molar refractivity (Wildman–Crippen MR) is 310 cm³/mol. The number of Topliss-reactive ketones (excluding diaryl/α,β-unsaturated/α-hetero) is 2. The highest BCUT2D eigenvalue weighted by atomic mass is 16.5. The highest BCUT2D eigenvalue weighted by Crippen LogP contribution is 2.18. The topological polar surface area (TPSA) is 454 Å². The maximum atomic E-state index is 11.7. The average molecular weight is 1220 g/mol. The molecule has 0 fully saturated rings. The van der Waals surface area contributed by atoms with Gasteiger partial charge < -0.3 is 56.2 Å². The molecule has 0 heterocycles. The molecule has 0 aliphatic carbocycles. The van der Waals surface area contributed by atoms with Crippen LogP contribution in [0.1, 0.15) is 180 Å². The zero-order valence-corrected chi connectivity index (χ0v) is 49.0. The molecular weight excluding hydrogens is 1150 g/mol. The molecule has 0 saturated heterocycles. The number of ketones is 2. The van der Waals surface area contributed by atoms with Crippen LogP contribution in [0.25, 0.3) is 0 Å². The number of amides is 3. The van der Waals surface area contributed by atoms with Crippen LogP contribution in [-0.4, -0.2) is 125 Å². The molecule has 0 aliphatic heterocycles. The molecule has 0 aliphatic rings. The summed E-state index contributed by atoms with van der Waals surface area (Å²) in [6, 6.07) is 24.9. The van der Waals surface area contributed by atoms with Crippen LogP contribution in [0.5, 0.6) is 0 Å². The van der Waals surface area contributed by atoms with Crippen LogP contribution < -0.4 is 17.2 Å². The smallest absolute Gasteiger partial charge is 0.338 e. The molecule has 88 heavy (non-hydrogen) atoms. The Balaban J connectivity index is 0.000000551. The van der Waals surface area contributed by atoms with E-state index < -0.39 is 65.5 Å². The molecule has 0 saturated carbocycles. The Hall–Kier alpha value is -11.4. The number of benzene rings is 5. The summed E-state index contributed by atoms with van der Waals surface area (Å²) in [7, 11) is 0. The Morgan fingerprint density at radius 3 is 0.716 bits per heavy atom. The van der Waals surface area contributed by atoms with E-state index in [0.29, 0.717) is 33.4 Å². The van der Waals surface area contributed by atoms with Crippen LogP contribution in [0.4, 0.5) is 0 Å².